The van der Waals surface area contributed by atoms with Crippen LogP contribution in [0.25, 0.3) is 0 Å². The van der Waals surface area contributed by atoms with Gasteiger partial charge in [-0.3, -0.25) is 5.32 Å². The lowest BCUT2D eigenvalue weighted by molar-refractivity contribution is -0.223. The largest absolute Gasteiger partial charge is 0.497 e. The molecule has 1 amide bonds. The Balaban J connectivity index is 1.48. The Morgan fingerprint density at radius 2 is 1.77 bits per heavy atom. The molecule has 3 aromatic rings. The fourth-order valence-corrected chi connectivity index (χ4v) is 9.75. The highest BCUT2D eigenvalue weighted by atomic mass is 32.2. The van der Waals surface area contributed by atoms with Crippen molar-refractivity contribution in [3.63, 3.8) is 0 Å². The average molecular weight is 787 g/mol. The molecule has 1 aliphatic heterocycles. The molecule has 6 atom stereocenters. The topological polar surface area (TPSA) is 137 Å². The summed E-state index contributed by atoms with van der Waals surface area (Å²) in [5, 5.41) is 27.0. The molecule has 3 aromatic carbocycles. The van der Waals surface area contributed by atoms with Crippen LogP contribution in [0.4, 0.5) is 10.5 Å². The van der Waals surface area contributed by atoms with Gasteiger partial charge in [-0.1, -0.05) is 48.3 Å². The third kappa shape index (κ3) is 9.04. The first-order chi connectivity index (χ1) is 27.4. The summed E-state index contributed by atoms with van der Waals surface area (Å²) in [4.78, 5) is 20.3. The van der Waals surface area contributed by atoms with E-state index in [0.717, 1.165) is 47.4 Å². The molecule has 12 heteroatoms. The van der Waals surface area contributed by atoms with Crippen molar-refractivity contribution in [2.45, 2.75) is 73.7 Å². The van der Waals surface area contributed by atoms with Gasteiger partial charge in [0.1, 0.15) is 29.6 Å². The number of nitrogens with one attached hydrogen (secondary N) is 1. The number of unbranched alkanes of at least 4 members (excludes halogenated alkanes) is 2. The van der Waals surface area contributed by atoms with Crippen LogP contribution < -0.4 is 24.3 Å². The Bertz CT molecular complexity index is 1850. The lowest BCUT2D eigenvalue weighted by Crippen LogP contribution is -2.64. The fraction of sp³-hybridized carbons (Fsp3) is 0.455. The number of allylic oxidation sites excluding steroid dienone is 1. The molecule has 1 fully saturated rings. The van der Waals surface area contributed by atoms with E-state index in [-0.39, 0.29) is 48.7 Å². The number of rotatable bonds is 19. The molecule has 0 spiro atoms. The Hall–Kier alpha value is -4.49. The van der Waals surface area contributed by atoms with Gasteiger partial charge in [0.05, 0.1) is 43.4 Å². The summed E-state index contributed by atoms with van der Waals surface area (Å²) in [6.07, 6.45) is 8.73. The summed E-state index contributed by atoms with van der Waals surface area (Å²) in [7, 11) is 3.08. The van der Waals surface area contributed by atoms with Crippen molar-refractivity contribution >= 4 is 29.3 Å². The van der Waals surface area contributed by atoms with E-state index in [1.54, 1.807) is 49.2 Å². The van der Waals surface area contributed by atoms with Crippen molar-refractivity contribution in [3.05, 3.63) is 96.6 Å². The Morgan fingerprint density at radius 3 is 2.48 bits per heavy atom. The number of thioether (sulfide) groups is 1. The molecule has 3 N–H and O–H groups in total. The summed E-state index contributed by atoms with van der Waals surface area (Å²) in [6, 6.07) is 20.9. The molecule has 56 heavy (non-hydrogen) atoms. The van der Waals surface area contributed by atoms with Crippen molar-refractivity contribution in [1.29, 1.82) is 0 Å². The number of oxime groups is 1. The Morgan fingerprint density at radius 1 is 1.00 bits per heavy atom. The molecule has 0 radical (unpaired) electrons. The molecule has 1 heterocycles. The van der Waals surface area contributed by atoms with Gasteiger partial charge in [0.2, 0.25) is 5.79 Å². The lowest BCUT2D eigenvalue weighted by atomic mass is 9.56. The van der Waals surface area contributed by atoms with E-state index in [9.17, 15) is 15.0 Å². The number of amides is 1. The van der Waals surface area contributed by atoms with Gasteiger partial charge in [0.25, 0.3) is 0 Å². The zero-order valence-electron chi connectivity index (χ0n) is 32.5. The van der Waals surface area contributed by atoms with Crippen molar-refractivity contribution in [2.75, 3.05) is 46.0 Å². The number of carbonyl (C=O) groups is 1. The molecule has 0 saturated heterocycles. The number of hydrogen-bond donors (Lipinski definition) is 3. The minimum absolute atomic E-state index is 0.102. The summed E-state index contributed by atoms with van der Waals surface area (Å²) in [5.74, 6) is 0.670. The predicted octanol–water partition coefficient (Wildman–Crippen LogP) is 8.76. The van der Waals surface area contributed by atoms with Gasteiger partial charge in [-0.2, -0.15) is 0 Å². The van der Waals surface area contributed by atoms with Gasteiger partial charge in [-0.15, -0.1) is 18.3 Å². The maximum Gasteiger partial charge on any atom is 0.417 e. The van der Waals surface area contributed by atoms with Crippen LogP contribution in [0.2, 0.25) is 0 Å². The van der Waals surface area contributed by atoms with E-state index in [4.69, 9.17) is 33.7 Å². The highest BCUT2D eigenvalue weighted by molar-refractivity contribution is 8.00. The number of benzene rings is 3. The molecule has 3 aliphatic rings. The monoisotopic (exact) mass is 786 g/mol. The van der Waals surface area contributed by atoms with Crippen LogP contribution in [0.1, 0.15) is 63.4 Å². The first-order valence-electron chi connectivity index (χ1n) is 19.5. The van der Waals surface area contributed by atoms with E-state index in [1.807, 2.05) is 37.3 Å². The van der Waals surface area contributed by atoms with Gasteiger partial charge in [0, 0.05) is 42.1 Å². The standard InChI is InChI=1S/C44H54N2O9S/c1-5-24-52-44-40(56-32-15-8-7-9-16-32)28-37(46-53-6-2)34-25-29(14-10-12-22-47)33(17-11-13-23-48)41(42(34)44)35-26-31(19-21-38(35)55-44)54-43(49)45-36-20-18-30(50-3)27-39(36)51-4/h5,7-9,15-16,18-21,25-27,29,33,40-42,47-48H,1,6,10-14,17,22-24,28H2,2-4H3,(H,45,49)/t29-,33+,40-,41+,42+,44+/m0/s1. The normalized spacial score (nSPS) is 24.2. The Kier molecular flexibility index (Phi) is 14.4. The molecular weight excluding hydrogens is 733 g/mol. The number of carbonyl (C=O) groups excluding carboxylic acids is 1. The number of hydrogen-bond acceptors (Lipinski definition) is 11. The maximum absolute atomic E-state index is 13.4. The van der Waals surface area contributed by atoms with E-state index < -0.39 is 11.9 Å². The second-order valence-corrected chi connectivity index (χ2v) is 15.5. The number of aliphatic hydroxyl groups is 2. The van der Waals surface area contributed by atoms with Crippen LogP contribution in [0, 0.1) is 17.8 Å². The van der Waals surface area contributed by atoms with Gasteiger partial charge in [-0.25, -0.2) is 4.79 Å². The van der Waals surface area contributed by atoms with Crippen LogP contribution in [-0.2, 0) is 9.57 Å². The third-order valence-electron chi connectivity index (χ3n) is 10.8. The predicted molar refractivity (Wildman–Crippen MR) is 218 cm³/mol. The molecule has 6 rings (SSSR count). The second kappa shape index (κ2) is 19.6. The highest BCUT2D eigenvalue weighted by Gasteiger charge is 2.64. The smallest absolute Gasteiger partial charge is 0.417 e. The fourth-order valence-electron chi connectivity index (χ4n) is 8.44. The zero-order chi connectivity index (χ0) is 39.5. The SMILES string of the molecule is C=CCO[C@@]12Oc3ccc(OC(=O)Nc4ccc(OC)cc4OC)cc3[C@H]3[C@H](CCCCO)[C@@H](CCCCO)C=C(C(=NOCC)C[C@@H]1Sc1ccccc1)[C@H]32. The van der Waals surface area contributed by atoms with Crippen molar-refractivity contribution < 1.29 is 43.5 Å². The minimum Gasteiger partial charge on any atom is -0.497 e. The summed E-state index contributed by atoms with van der Waals surface area (Å²) < 4.78 is 31.0. The molecule has 11 nitrogen and oxygen atoms in total. The van der Waals surface area contributed by atoms with E-state index >= 15 is 0 Å². The van der Waals surface area contributed by atoms with Crippen LogP contribution in [0.5, 0.6) is 23.0 Å². The second-order valence-electron chi connectivity index (χ2n) is 14.2. The molecule has 1 saturated carbocycles. The number of aliphatic hydroxyl groups excluding tert-OH is 2. The average Bonchev–Trinajstić information content (AvgIpc) is 3.21. The van der Waals surface area contributed by atoms with E-state index in [1.165, 1.54) is 7.11 Å². The summed E-state index contributed by atoms with van der Waals surface area (Å²) >= 11 is 1.70. The van der Waals surface area contributed by atoms with Crippen LogP contribution in [0.15, 0.2) is 101 Å². The Labute approximate surface area is 334 Å². The van der Waals surface area contributed by atoms with E-state index in [0.29, 0.717) is 54.6 Å². The van der Waals surface area contributed by atoms with Crippen molar-refractivity contribution in [1.82, 2.24) is 0 Å². The van der Waals surface area contributed by atoms with Crippen LogP contribution >= 0.6 is 11.8 Å². The summed E-state index contributed by atoms with van der Waals surface area (Å²) in [6.45, 7) is 6.86. The first kappa shape index (κ1) is 41.2. The maximum atomic E-state index is 13.4. The van der Waals surface area contributed by atoms with Gasteiger partial charge < -0.3 is 38.7 Å². The van der Waals surface area contributed by atoms with Gasteiger partial charge in [0.15, 0.2) is 0 Å². The van der Waals surface area contributed by atoms with Crippen molar-refractivity contribution in [3.8, 4) is 23.0 Å². The number of nitrogens with zero attached hydrogens (tertiary/aromatic N) is 1. The van der Waals surface area contributed by atoms with E-state index in [2.05, 4.69) is 30.1 Å². The van der Waals surface area contributed by atoms with Crippen LogP contribution in [-0.4, -0.2) is 73.7 Å². The third-order valence-corrected chi connectivity index (χ3v) is 12.1. The molecular formula is C44H54N2O9S. The molecule has 0 unspecified atom stereocenters. The number of anilines is 1. The quantitative estimate of drug-likeness (QED) is 0.0615. The lowest BCUT2D eigenvalue weighted by Gasteiger charge is -2.58. The van der Waals surface area contributed by atoms with Gasteiger partial charge >= 0.3 is 6.09 Å². The summed E-state index contributed by atoms with van der Waals surface area (Å²) in [5.41, 5.74) is 3.24. The minimum atomic E-state index is -1.13. The van der Waals surface area contributed by atoms with Crippen LogP contribution in [0.3, 0.4) is 0 Å². The number of ether oxygens (including phenoxy) is 5. The molecule has 0 aromatic heterocycles. The highest BCUT2D eigenvalue weighted by Crippen LogP contribution is 2.63. The molecule has 2 aliphatic carbocycles. The number of fused-ring (bicyclic) bond motifs is 2. The number of methoxy groups -OCH3 is 2. The van der Waals surface area contributed by atoms with Crippen molar-refractivity contribution in [2.24, 2.45) is 22.9 Å². The molecule has 300 valence electrons. The first-order valence-corrected chi connectivity index (χ1v) is 20.4. The zero-order valence-corrected chi connectivity index (χ0v) is 33.3. The molecule has 0 bridgehead atoms. The van der Waals surface area contributed by atoms with Gasteiger partial charge in [-0.05, 0) is 92.5 Å².